The Kier molecular flexibility index (Phi) is 5.03. The second-order valence-corrected chi connectivity index (χ2v) is 6.27. The summed E-state index contributed by atoms with van der Waals surface area (Å²) >= 11 is 1.19. The largest absolute Gasteiger partial charge is 0.495 e. The molecule has 0 atom stereocenters. The number of nitrogens with zero attached hydrogens (tertiary/aromatic N) is 2. The summed E-state index contributed by atoms with van der Waals surface area (Å²) in [5.41, 5.74) is 0.0337. The Balaban J connectivity index is 2.28. The van der Waals surface area contributed by atoms with E-state index >= 15 is 0 Å². The first-order valence-corrected chi connectivity index (χ1v) is 8.60. The summed E-state index contributed by atoms with van der Waals surface area (Å²) < 4.78 is 41.0. The predicted molar refractivity (Wildman–Crippen MR) is 94.8 cm³/mol. The lowest BCUT2D eigenvalue weighted by molar-refractivity contribution is 0.0990. The molecule has 0 aliphatic carbocycles. The molecule has 0 spiro atoms. The number of methoxy groups -OCH3 is 2. The minimum absolute atomic E-state index is 0.304. The van der Waals surface area contributed by atoms with Crippen molar-refractivity contribution in [1.82, 2.24) is 4.57 Å². The topological polar surface area (TPSA) is 52.8 Å². The second kappa shape index (κ2) is 7.25. The molecule has 1 heterocycles. The van der Waals surface area contributed by atoms with E-state index < -0.39 is 23.1 Å². The van der Waals surface area contributed by atoms with Crippen LogP contribution >= 0.6 is 11.3 Å². The summed E-state index contributed by atoms with van der Waals surface area (Å²) in [5.74, 6) is -1.69. The van der Waals surface area contributed by atoms with Crippen molar-refractivity contribution in [2.75, 3.05) is 14.2 Å². The lowest BCUT2D eigenvalue weighted by Crippen LogP contribution is -2.17. The van der Waals surface area contributed by atoms with Crippen LogP contribution in [0, 0.1) is 11.6 Å². The summed E-state index contributed by atoms with van der Waals surface area (Å²) in [6.07, 6.45) is 0. The Labute approximate surface area is 152 Å². The molecule has 0 saturated heterocycles. The quantitative estimate of drug-likeness (QED) is 0.695. The van der Waals surface area contributed by atoms with Gasteiger partial charge in [-0.15, -0.1) is 0 Å². The number of hydrogen-bond acceptors (Lipinski definition) is 4. The van der Waals surface area contributed by atoms with E-state index in [0.29, 0.717) is 28.4 Å². The zero-order valence-electron chi connectivity index (χ0n) is 14.4. The number of aryl methyl sites for hydroxylation is 1. The highest BCUT2D eigenvalue weighted by Crippen LogP contribution is 2.35. The fourth-order valence-electron chi connectivity index (χ4n) is 2.68. The van der Waals surface area contributed by atoms with Gasteiger partial charge in [0.25, 0.3) is 5.91 Å². The first-order valence-electron chi connectivity index (χ1n) is 7.79. The third-order valence-electron chi connectivity index (χ3n) is 3.88. The molecule has 0 unspecified atom stereocenters. The number of ether oxygens (including phenoxy) is 2. The third kappa shape index (κ3) is 2.96. The average Bonchev–Trinajstić information content (AvgIpc) is 2.98. The van der Waals surface area contributed by atoms with Crippen molar-refractivity contribution < 1.29 is 23.0 Å². The summed E-state index contributed by atoms with van der Waals surface area (Å²) in [6, 6.07) is 6.75. The minimum Gasteiger partial charge on any atom is -0.495 e. The van der Waals surface area contributed by atoms with Gasteiger partial charge in [0.1, 0.15) is 38.9 Å². The lowest BCUT2D eigenvalue weighted by Gasteiger charge is -2.08. The molecule has 0 aliphatic heterocycles. The molecule has 26 heavy (non-hydrogen) atoms. The molecule has 136 valence electrons. The highest BCUT2D eigenvalue weighted by atomic mass is 32.1. The maximum atomic E-state index is 13.9. The van der Waals surface area contributed by atoms with Gasteiger partial charge in [-0.2, -0.15) is 4.99 Å². The van der Waals surface area contributed by atoms with Crippen LogP contribution in [-0.2, 0) is 6.54 Å². The SMILES string of the molecule is CCn1c(=NC(=O)c2c(F)cccc2F)sc2c(OC)ccc(OC)c21. The minimum atomic E-state index is -0.979. The van der Waals surface area contributed by atoms with E-state index in [4.69, 9.17) is 9.47 Å². The molecule has 1 aromatic heterocycles. The molecule has 0 fully saturated rings. The molecule has 0 radical (unpaired) electrons. The monoisotopic (exact) mass is 378 g/mol. The first kappa shape index (κ1) is 18.1. The fourth-order valence-corrected chi connectivity index (χ4v) is 3.88. The smallest absolute Gasteiger partial charge is 0.285 e. The predicted octanol–water partition coefficient (Wildman–Crippen LogP) is 3.76. The van der Waals surface area contributed by atoms with Crippen molar-refractivity contribution in [2.24, 2.45) is 4.99 Å². The van der Waals surface area contributed by atoms with Gasteiger partial charge in [-0.1, -0.05) is 17.4 Å². The number of benzene rings is 2. The molecule has 3 rings (SSSR count). The zero-order chi connectivity index (χ0) is 18.8. The van der Waals surface area contributed by atoms with Crippen molar-refractivity contribution in [1.29, 1.82) is 0 Å². The van der Waals surface area contributed by atoms with Gasteiger partial charge in [0.15, 0.2) is 4.80 Å². The van der Waals surface area contributed by atoms with E-state index in [1.165, 1.54) is 31.6 Å². The molecule has 1 amide bonds. The number of rotatable bonds is 4. The Bertz CT molecular complexity index is 1040. The van der Waals surface area contributed by atoms with Crippen LogP contribution in [0.5, 0.6) is 11.5 Å². The summed E-state index contributed by atoms with van der Waals surface area (Å²) in [6.45, 7) is 2.35. The number of amides is 1. The molecular formula is C18H16F2N2O3S. The van der Waals surface area contributed by atoms with Gasteiger partial charge in [-0.3, -0.25) is 4.79 Å². The van der Waals surface area contributed by atoms with Gasteiger partial charge in [0.05, 0.1) is 14.2 Å². The first-order chi connectivity index (χ1) is 12.5. The Morgan fingerprint density at radius 2 is 1.73 bits per heavy atom. The molecule has 5 nitrogen and oxygen atoms in total. The van der Waals surface area contributed by atoms with Crippen LogP contribution < -0.4 is 14.3 Å². The van der Waals surface area contributed by atoms with Gasteiger partial charge in [0, 0.05) is 6.54 Å². The Morgan fingerprint density at radius 3 is 2.31 bits per heavy atom. The summed E-state index contributed by atoms with van der Waals surface area (Å²) in [4.78, 5) is 16.7. The molecule has 0 aliphatic rings. The third-order valence-corrected chi connectivity index (χ3v) is 4.98. The van der Waals surface area contributed by atoms with Gasteiger partial charge in [-0.05, 0) is 31.2 Å². The van der Waals surface area contributed by atoms with E-state index in [2.05, 4.69) is 4.99 Å². The molecule has 3 aromatic rings. The number of fused-ring (bicyclic) bond motifs is 1. The number of aromatic nitrogens is 1. The highest BCUT2D eigenvalue weighted by Gasteiger charge is 2.19. The standard InChI is InChI=1S/C18H16F2N2O3S/c1-4-22-15-12(24-2)8-9-13(25-3)16(15)26-18(22)21-17(23)14-10(19)6-5-7-11(14)20/h5-9H,4H2,1-3H3. The van der Waals surface area contributed by atoms with Crippen LogP contribution in [0.2, 0.25) is 0 Å². The van der Waals surface area contributed by atoms with Crippen LogP contribution in [0.4, 0.5) is 8.78 Å². The molecular weight excluding hydrogens is 362 g/mol. The van der Waals surface area contributed by atoms with Crippen molar-refractivity contribution >= 4 is 27.5 Å². The second-order valence-electron chi connectivity index (χ2n) is 5.29. The van der Waals surface area contributed by atoms with Crippen LogP contribution in [0.3, 0.4) is 0 Å². The van der Waals surface area contributed by atoms with E-state index in [0.717, 1.165) is 16.8 Å². The van der Waals surface area contributed by atoms with Gasteiger partial charge in [0.2, 0.25) is 0 Å². The van der Waals surface area contributed by atoms with Gasteiger partial charge in [-0.25, -0.2) is 8.78 Å². The van der Waals surface area contributed by atoms with Crippen LogP contribution in [0.25, 0.3) is 10.2 Å². The van der Waals surface area contributed by atoms with Crippen molar-refractivity contribution in [3.8, 4) is 11.5 Å². The number of thiazole rings is 1. The van der Waals surface area contributed by atoms with Gasteiger partial charge < -0.3 is 14.0 Å². The maximum Gasteiger partial charge on any atom is 0.285 e. The number of hydrogen-bond donors (Lipinski definition) is 0. The molecule has 0 bridgehead atoms. The Morgan fingerprint density at radius 1 is 1.12 bits per heavy atom. The lowest BCUT2D eigenvalue weighted by atomic mass is 10.2. The summed E-state index contributed by atoms with van der Waals surface area (Å²) in [5, 5.41) is 0. The molecule has 2 aromatic carbocycles. The fraction of sp³-hybridized carbons (Fsp3) is 0.222. The van der Waals surface area contributed by atoms with E-state index in [1.54, 1.807) is 16.7 Å². The van der Waals surface area contributed by atoms with Crippen LogP contribution in [0.1, 0.15) is 17.3 Å². The van der Waals surface area contributed by atoms with Crippen LogP contribution in [-0.4, -0.2) is 24.7 Å². The highest BCUT2D eigenvalue weighted by molar-refractivity contribution is 7.16. The number of carbonyl (C=O) groups excluding carboxylic acids is 1. The molecule has 0 saturated carbocycles. The van der Waals surface area contributed by atoms with E-state index in [-0.39, 0.29) is 0 Å². The van der Waals surface area contributed by atoms with E-state index in [1.807, 2.05) is 6.92 Å². The van der Waals surface area contributed by atoms with Crippen molar-refractivity contribution in [3.63, 3.8) is 0 Å². The van der Waals surface area contributed by atoms with E-state index in [9.17, 15) is 13.6 Å². The normalized spacial score (nSPS) is 11.8. The number of halogens is 2. The van der Waals surface area contributed by atoms with Crippen LogP contribution in [0.15, 0.2) is 35.3 Å². The maximum absolute atomic E-state index is 13.9. The summed E-state index contributed by atoms with van der Waals surface area (Å²) in [7, 11) is 3.07. The van der Waals surface area contributed by atoms with Crippen molar-refractivity contribution in [3.05, 3.63) is 52.3 Å². The van der Waals surface area contributed by atoms with Gasteiger partial charge >= 0.3 is 0 Å². The number of carbonyl (C=O) groups is 1. The zero-order valence-corrected chi connectivity index (χ0v) is 15.2. The average molecular weight is 378 g/mol. The Hall–Kier alpha value is -2.74. The molecule has 0 N–H and O–H groups in total. The van der Waals surface area contributed by atoms with Crippen molar-refractivity contribution in [2.45, 2.75) is 13.5 Å². The molecule has 8 heteroatoms.